The lowest BCUT2D eigenvalue weighted by atomic mass is 10.1. The van der Waals surface area contributed by atoms with Gasteiger partial charge in [0.2, 0.25) is 0 Å². The van der Waals surface area contributed by atoms with Crippen molar-refractivity contribution in [2.24, 2.45) is 0 Å². The van der Waals surface area contributed by atoms with E-state index < -0.39 is 0 Å². The second kappa shape index (κ2) is 7.40. The molecule has 4 rings (SSSR count). The number of nitrogens with zero attached hydrogens (tertiary/aromatic N) is 1. The van der Waals surface area contributed by atoms with Gasteiger partial charge in [-0.15, -0.1) is 0 Å². The molecule has 0 spiro atoms. The minimum absolute atomic E-state index is 0.000538. The summed E-state index contributed by atoms with van der Waals surface area (Å²) < 4.78 is 5.16. The number of benzene rings is 2. The average molecular weight is 365 g/mol. The zero-order valence-corrected chi connectivity index (χ0v) is 15.3. The van der Waals surface area contributed by atoms with Crippen LogP contribution in [-0.4, -0.2) is 43.0 Å². The first-order chi connectivity index (χ1) is 13.2. The number of anilines is 1. The summed E-state index contributed by atoms with van der Waals surface area (Å²) in [5, 5.41) is 6.41. The van der Waals surface area contributed by atoms with Gasteiger partial charge in [0.25, 0.3) is 11.8 Å². The molecule has 1 aliphatic heterocycles. The summed E-state index contributed by atoms with van der Waals surface area (Å²) in [6.45, 7) is 0.974. The minimum Gasteiger partial charge on any atom is -0.383 e. The SMILES string of the molecule is COCCN1C(=O)c2ccccc2C1Nc1ccc(C(=O)NC2CC2)cc1. The van der Waals surface area contributed by atoms with Crippen molar-refractivity contribution in [3.05, 3.63) is 65.2 Å². The smallest absolute Gasteiger partial charge is 0.256 e. The molecule has 2 aliphatic rings. The Morgan fingerprint density at radius 3 is 2.59 bits per heavy atom. The van der Waals surface area contributed by atoms with E-state index in [-0.39, 0.29) is 18.0 Å². The molecule has 2 aromatic carbocycles. The first kappa shape index (κ1) is 17.5. The van der Waals surface area contributed by atoms with Gasteiger partial charge in [-0.25, -0.2) is 0 Å². The molecule has 1 aliphatic carbocycles. The van der Waals surface area contributed by atoms with Crippen LogP contribution in [0.2, 0.25) is 0 Å². The van der Waals surface area contributed by atoms with Crippen LogP contribution in [0.4, 0.5) is 5.69 Å². The quantitative estimate of drug-likeness (QED) is 0.792. The molecule has 1 saturated carbocycles. The van der Waals surface area contributed by atoms with Gasteiger partial charge in [-0.05, 0) is 43.2 Å². The van der Waals surface area contributed by atoms with Gasteiger partial charge in [0.05, 0.1) is 6.61 Å². The third kappa shape index (κ3) is 3.66. The normalized spacial score (nSPS) is 18.3. The summed E-state index contributed by atoms with van der Waals surface area (Å²) >= 11 is 0. The van der Waals surface area contributed by atoms with E-state index in [1.165, 1.54) is 0 Å². The monoisotopic (exact) mass is 365 g/mol. The molecule has 1 heterocycles. The predicted octanol–water partition coefficient (Wildman–Crippen LogP) is 2.79. The van der Waals surface area contributed by atoms with Crippen LogP contribution in [0.3, 0.4) is 0 Å². The lowest BCUT2D eigenvalue weighted by Crippen LogP contribution is -2.35. The first-order valence-electron chi connectivity index (χ1n) is 9.23. The molecular weight excluding hydrogens is 342 g/mol. The Morgan fingerprint density at radius 2 is 1.89 bits per heavy atom. The molecule has 1 unspecified atom stereocenters. The maximum atomic E-state index is 12.7. The van der Waals surface area contributed by atoms with Crippen molar-refractivity contribution in [2.75, 3.05) is 25.6 Å². The van der Waals surface area contributed by atoms with Crippen LogP contribution >= 0.6 is 0 Å². The van der Waals surface area contributed by atoms with Gasteiger partial charge in [-0.1, -0.05) is 18.2 Å². The fraction of sp³-hybridized carbons (Fsp3) is 0.333. The summed E-state index contributed by atoms with van der Waals surface area (Å²) in [6.07, 6.45) is 1.88. The van der Waals surface area contributed by atoms with E-state index in [1.807, 2.05) is 48.5 Å². The third-order valence-corrected chi connectivity index (χ3v) is 4.96. The summed E-state index contributed by atoms with van der Waals surface area (Å²) in [7, 11) is 1.63. The first-order valence-corrected chi connectivity index (χ1v) is 9.23. The fourth-order valence-corrected chi connectivity index (χ4v) is 3.32. The molecule has 0 radical (unpaired) electrons. The van der Waals surface area contributed by atoms with E-state index in [4.69, 9.17) is 4.74 Å². The number of carbonyl (C=O) groups is 2. The highest BCUT2D eigenvalue weighted by Crippen LogP contribution is 2.34. The fourth-order valence-electron chi connectivity index (χ4n) is 3.32. The highest BCUT2D eigenvalue weighted by molar-refractivity contribution is 5.99. The van der Waals surface area contributed by atoms with E-state index in [9.17, 15) is 9.59 Å². The number of amides is 2. The lowest BCUT2D eigenvalue weighted by molar-refractivity contribution is 0.0674. The van der Waals surface area contributed by atoms with E-state index in [0.29, 0.717) is 30.3 Å². The van der Waals surface area contributed by atoms with Crippen molar-refractivity contribution in [3.8, 4) is 0 Å². The van der Waals surface area contributed by atoms with Gasteiger partial charge in [0, 0.05) is 42.1 Å². The lowest BCUT2D eigenvalue weighted by Gasteiger charge is -2.27. The molecule has 0 bridgehead atoms. The number of carbonyl (C=O) groups excluding carboxylic acids is 2. The van der Waals surface area contributed by atoms with Crippen molar-refractivity contribution in [3.63, 3.8) is 0 Å². The zero-order chi connectivity index (χ0) is 18.8. The number of rotatable bonds is 7. The van der Waals surface area contributed by atoms with Crippen LogP contribution in [0, 0.1) is 0 Å². The molecule has 2 aromatic rings. The number of nitrogens with one attached hydrogen (secondary N) is 2. The Kier molecular flexibility index (Phi) is 4.81. The number of fused-ring (bicyclic) bond motifs is 1. The Labute approximate surface area is 158 Å². The second-order valence-electron chi connectivity index (χ2n) is 6.95. The molecule has 6 heteroatoms. The standard InChI is InChI=1S/C21H23N3O3/c1-27-13-12-24-19(17-4-2-3-5-18(17)21(24)26)22-15-8-6-14(7-9-15)20(25)23-16-10-11-16/h2-9,16,19,22H,10-13H2,1H3,(H,23,25). The van der Waals surface area contributed by atoms with Crippen LogP contribution in [0.5, 0.6) is 0 Å². The predicted molar refractivity (Wildman–Crippen MR) is 103 cm³/mol. The summed E-state index contributed by atoms with van der Waals surface area (Å²) in [5.74, 6) is -0.0345. The van der Waals surface area contributed by atoms with Crippen molar-refractivity contribution in [1.82, 2.24) is 10.2 Å². The van der Waals surface area contributed by atoms with Crippen molar-refractivity contribution >= 4 is 17.5 Å². The van der Waals surface area contributed by atoms with Gasteiger partial charge in [-0.3, -0.25) is 9.59 Å². The molecule has 2 N–H and O–H groups in total. The van der Waals surface area contributed by atoms with E-state index in [1.54, 1.807) is 12.0 Å². The average Bonchev–Trinajstić information content (AvgIpc) is 3.47. The second-order valence-corrected chi connectivity index (χ2v) is 6.95. The van der Waals surface area contributed by atoms with Crippen LogP contribution in [0.15, 0.2) is 48.5 Å². The Balaban J connectivity index is 1.52. The Morgan fingerprint density at radius 1 is 1.15 bits per heavy atom. The number of methoxy groups -OCH3 is 1. The molecule has 140 valence electrons. The number of hydrogen-bond acceptors (Lipinski definition) is 4. The van der Waals surface area contributed by atoms with Gasteiger partial charge in [-0.2, -0.15) is 0 Å². The Bertz CT molecular complexity index is 846. The summed E-state index contributed by atoms with van der Waals surface area (Å²) in [5.41, 5.74) is 3.17. The molecule has 2 amide bonds. The van der Waals surface area contributed by atoms with Crippen LogP contribution < -0.4 is 10.6 Å². The van der Waals surface area contributed by atoms with E-state index in [0.717, 1.165) is 24.1 Å². The van der Waals surface area contributed by atoms with Crippen molar-refractivity contribution in [1.29, 1.82) is 0 Å². The molecule has 6 nitrogen and oxygen atoms in total. The van der Waals surface area contributed by atoms with Crippen LogP contribution in [0.1, 0.15) is 45.3 Å². The van der Waals surface area contributed by atoms with E-state index in [2.05, 4.69) is 10.6 Å². The Hall–Kier alpha value is -2.86. The highest BCUT2D eigenvalue weighted by atomic mass is 16.5. The minimum atomic E-state index is -0.255. The van der Waals surface area contributed by atoms with Crippen molar-refractivity contribution < 1.29 is 14.3 Å². The van der Waals surface area contributed by atoms with E-state index >= 15 is 0 Å². The number of ether oxygens (including phenoxy) is 1. The molecule has 27 heavy (non-hydrogen) atoms. The topological polar surface area (TPSA) is 70.7 Å². The van der Waals surface area contributed by atoms with Crippen molar-refractivity contribution in [2.45, 2.75) is 25.0 Å². The highest BCUT2D eigenvalue weighted by Gasteiger charge is 2.36. The largest absolute Gasteiger partial charge is 0.383 e. The molecule has 1 atom stereocenters. The van der Waals surface area contributed by atoms with Crippen LogP contribution in [0.25, 0.3) is 0 Å². The van der Waals surface area contributed by atoms with Gasteiger partial charge >= 0.3 is 0 Å². The van der Waals surface area contributed by atoms with Gasteiger partial charge in [0.1, 0.15) is 6.17 Å². The third-order valence-electron chi connectivity index (χ3n) is 4.96. The maximum Gasteiger partial charge on any atom is 0.256 e. The van der Waals surface area contributed by atoms with Gasteiger partial charge < -0.3 is 20.3 Å². The van der Waals surface area contributed by atoms with Crippen LogP contribution in [-0.2, 0) is 4.74 Å². The molecule has 0 saturated heterocycles. The maximum absolute atomic E-state index is 12.7. The number of hydrogen-bond donors (Lipinski definition) is 2. The zero-order valence-electron chi connectivity index (χ0n) is 15.3. The molecule has 1 fully saturated rings. The molecule has 0 aromatic heterocycles. The molecular formula is C21H23N3O3. The summed E-state index contributed by atoms with van der Waals surface area (Å²) in [6, 6.07) is 15.3. The van der Waals surface area contributed by atoms with Gasteiger partial charge in [0.15, 0.2) is 0 Å². The summed E-state index contributed by atoms with van der Waals surface area (Å²) in [4.78, 5) is 26.6.